The average Bonchev–Trinajstić information content (AvgIpc) is 1.99. The molecule has 0 unspecified atom stereocenters. The van der Waals surface area contributed by atoms with Crippen molar-refractivity contribution in [1.82, 2.24) is 5.32 Å². The molecule has 0 aromatic heterocycles. The molecule has 0 saturated heterocycles. The van der Waals surface area contributed by atoms with Gasteiger partial charge in [0.15, 0.2) is 0 Å². The minimum absolute atomic E-state index is 0.118. The van der Waals surface area contributed by atoms with Crippen molar-refractivity contribution in [1.29, 1.82) is 0 Å². The summed E-state index contributed by atoms with van der Waals surface area (Å²) in [4.78, 5) is 10.7. The van der Waals surface area contributed by atoms with E-state index in [0.717, 1.165) is 0 Å². The number of carbonyl (C=O) groups is 1. The summed E-state index contributed by atoms with van der Waals surface area (Å²) in [7, 11) is 0. The van der Waals surface area contributed by atoms with E-state index in [-0.39, 0.29) is 23.5 Å². The van der Waals surface area contributed by atoms with Gasteiger partial charge in [-0.3, -0.25) is 4.79 Å². The molecule has 84 valence electrons. The fourth-order valence-corrected chi connectivity index (χ4v) is 1.03. The number of rotatable bonds is 6. The number of carbonyl (C=O) groups excluding carboxylic acids is 1. The van der Waals surface area contributed by atoms with Crippen LogP contribution in [-0.4, -0.2) is 29.7 Å². The minimum Gasteiger partial charge on any atom is -0.396 e. The molecule has 14 heavy (non-hydrogen) atoms. The number of hydrogen-bond acceptors (Lipinski definition) is 3. The van der Waals surface area contributed by atoms with E-state index in [4.69, 9.17) is 10.8 Å². The van der Waals surface area contributed by atoms with E-state index in [9.17, 15) is 4.79 Å². The zero-order valence-corrected chi connectivity index (χ0v) is 9.55. The Morgan fingerprint density at radius 3 is 2.21 bits per heavy atom. The van der Waals surface area contributed by atoms with Gasteiger partial charge in [0.05, 0.1) is 0 Å². The highest BCUT2D eigenvalue weighted by molar-refractivity contribution is 5.74. The SMILES string of the molecule is CC(C)(CO)CNC(C)(C)CC(N)=O. The van der Waals surface area contributed by atoms with Gasteiger partial charge in [-0.25, -0.2) is 0 Å². The highest BCUT2D eigenvalue weighted by Gasteiger charge is 2.24. The van der Waals surface area contributed by atoms with Crippen LogP contribution in [0.1, 0.15) is 34.1 Å². The van der Waals surface area contributed by atoms with Gasteiger partial charge in [-0.05, 0) is 13.8 Å². The second kappa shape index (κ2) is 4.75. The summed E-state index contributed by atoms with van der Waals surface area (Å²) in [5, 5.41) is 12.3. The maximum absolute atomic E-state index is 10.7. The van der Waals surface area contributed by atoms with Crippen molar-refractivity contribution in [2.45, 2.75) is 39.7 Å². The van der Waals surface area contributed by atoms with Crippen LogP contribution in [0.2, 0.25) is 0 Å². The van der Waals surface area contributed by atoms with Crippen molar-refractivity contribution in [2.24, 2.45) is 11.1 Å². The summed E-state index contributed by atoms with van der Waals surface area (Å²) in [5.74, 6) is -0.315. The van der Waals surface area contributed by atoms with Crippen LogP contribution in [0, 0.1) is 5.41 Å². The van der Waals surface area contributed by atoms with Crippen molar-refractivity contribution in [3.8, 4) is 0 Å². The predicted octanol–water partition coefficient (Wildman–Crippen LogP) is 0.248. The Morgan fingerprint density at radius 2 is 1.86 bits per heavy atom. The van der Waals surface area contributed by atoms with Crippen molar-refractivity contribution < 1.29 is 9.90 Å². The smallest absolute Gasteiger partial charge is 0.219 e. The number of nitrogens with one attached hydrogen (secondary N) is 1. The summed E-state index contributed by atoms with van der Waals surface area (Å²) in [6.45, 7) is 8.54. The molecule has 0 aliphatic carbocycles. The zero-order chi connectivity index (χ0) is 11.4. The second-order valence-corrected chi connectivity index (χ2v) is 5.20. The average molecular weight is 202 g/mol. The molecule has 4 heteroatoms. The largest absolute Gasteiger partial charge is 0.396 e. The van der Waals surface area contributed by atoms with E-state index in [0.29, 0.717) is 13.0 Å². The van der Waals surface area contributed by atoms with Gasteiger partial charge in [0.1, 0.15) is 0 Å². The molecular formula is C10H22N2O2. The van der Waals surface area contributed by atoms with Gasteiger partial charge in [-0.2, -0.15) is 0 Å². The Morgan fingerprint density at radius 1 is 1.36 bits per heavy atom. The van der Waals surface area contributed by atoms with Gasteiger partial charge in [0.25, 0.3) is 0 Å². The molecule has 4 nitrogen and oxygen atoms in total. The lowest BCUT2D eigenvalue weighted by molar-refractivity contribution is -0.119. The molecule has 4 N–H and O–H groups in total. The Hall–Kier alpha value is -0.610. The third-order valence-electron chi connectivity index (χ3n) is 2.09. The van der Waals surface area contributed by atoms with Crippen LogP contribution in [0.25, 0.3) is 0 Å². The third-order valence-corrected chi connectivity index (χ3v) is 2.09. The Balaban J connectivity index is 4.04. The van der Waals surface area contributed by atoms with Crippen LogP contribution < -0.4 is 11.1 Å². The highest BCUT2D eigenvalue weighted by atomic mass is 16.3. The van der Waals surface area contributed by atoms with Gasteiger partial charge in [0, 0.05) is 30.5 Å². The fourth-order valence-electron chi connectivity index (χ4n) is 1.03. The molecule has 0 aliphatic rings. The minimum atomic E-state index is -0.315. The summed E-state index contributed by atoms with van der Waals surface area (Å²) in [5.41, 5.74) is 4.64. The first kappa shape index (κ1) is 13.4. The van der Waals surface area contributed by atoms with E-state index in [2.05, 4.69) is 5.32 Å². The second-order valence-electron chi connectivity index (χ2n) is 5.20. The van der Waals surface area contributed by atoms with Crippen molar-refractivity contribution in [3.63, 3.8) is 0 Å². The van der Waals surface area contributed by atoms with E-state index in [1.54, 1.807) is 0 Å². The van der Waals surface area contributed by atoms with Crippen LogP contribution in [0.3, 0.4) is 0 Å². The normalized spacial score (nSPS) is 12.9. The summed E-state index contributed by atoms with van der Waals surface area (Å²) in [6, 6.07) is 0. The molecule has 0 heterocycles. The van der Waals surface area contributed by atoms with Crippen LogP contribution >= 0.6 is 0 Å². The number of nitrogens with two attached hydrogens (primary N) is 1. The number of primary amides is 1. The highest BCUT2D eigenvalue weighted by Crippen LogP contribution is 2.15. The van der Waals surface area contributed by atoms with E-state index in [1.165, 1.54) is 0 Å². The van der Waals surface area contributed by atoms with Crippen LogP contribution in [-0.2, 0) is 4.79 Å². The molecule has 0 radical (unpaired) electrons. The third kappa shape index (κ3) is 5.94. The molecule has 0 spiro atoms. The molecule has 0 atom stereocenters. The van der Waals surface area contributed by atoms with Gasteiger partial charge >= 0.3 is 0 Å². The fraction of sp³-hybridized carbons (Fsp3) is 0.900. The maximum Gasteiger partial charge on any atom is 0.219 e. The van der Waals surface area contributed by atoms with Crippen molar-refractivity contribution >= 4 is 5.91 Å². The Labute approximate surface area is 85.9 Å². The summed E-state index contributed by atoms with van der Waals surface area (Å²) < 4.78 is 0. The lowest BCUT2D eigenvalue weighted by atomic mass is 9.92. The van der Waals surface area contributed by atoms with Crippen molar-refractivity contribution in [2.75, 3.05) is 13.2 Å². The van der Waals surface area contributed by atoms with Crippen LogP contribution in [0.5, 0.6) is 0 Å². The molecule has 0 rings (SSSR count). The predicted molar refractivity (Wildman–Crippen MR) is 56.8 cm³/mol. The number of hydrogen-bond donors (Lipinski definition) is 3. The van der Waals surface area contributed by atoms with E-state index >= 15 is 0 Å². The summed E-state index contributed by atoms with van der Waals surface area (Å²) in [6.07, 6.45) is 0.300. The molecule has 0 aromatic carbocycles. The lowest BCUT2D eigenvalue weighted by Crippen LogP contribution is -2.47. The van der Waals surface area contributed by atoms with Crippen LogP contribution in [0.4, 0.5) is 0 Å². The van der Waals surface area contributed by atoms with Crippen molar-refractivity contribution in [3.05, 3.63) is 0 Å². The lowest BCUT2D eigenvalue weighted by Gasteiger charge is -2.30. The van der Waals surface area contributed by atoms with Gasteiger partial charge in [-0.15, -0.1) is 0 Å². The standard InChI is InChI=1S/C10H22N2O2/c1-9(2,7-13)6-12-10(3,4)5-8(11)14/h12-13H,5-7H2,1-4H3,(H2,11,14). The molecule has 0 saturated carbocycles. The Kier molecular flexibility index (Phi) is 4.55. The Bertz CT molecular complexity index is 200. The van der Waals surface area contributed by atoms with Crippen LogP contribution in [0.15, 0.2) is 0 Å². The van der Waals surface area contributed by atoms with E-state index in [1.807, 2.05) is 27.7 Å². The number of aliphatic hydroxyl groups excluding tert-OH is 1. The topological polar surface area (TPSA) is 75.3 Å². The maximum atomic E-state index is 10.7. The van der Waals surface area contributed by atoms with E-state index < -0.39 is 0 Å². The molecular weight excluding hydrogens is 180 g/mol. The molecule has 0 bridgehead atoms. The zero-order valence-electron chi connectivity index (χ0n) is 9.55. The quantitative estimate of drug-likeness (QED) is 0.578. The molecule has 0 aliphatic heterocycles. The van der Waals surface area contributed by atoms with Gasteiger partial charge in [0.2, 0.25) is 5.91 Å². The summed E-state index contributed by atoms with van der Waals surface area (Å²) >= 11 is 0. The van der Waals surface area contributed by atoms with Gasteiger partial charge < -0.3 is 16.2 Å². The molecule has 1 amide bonds. The monoisotopic (exact) mass is 202 g/mol. The first-order valence-electron chi connectivity index (χ1n) is 4.83. The first-order valence-corrected chi connectivity index (χ1v) is 4.83. The van der Waals surface area contributed by atoms with Gasteiger partial charge in [-0.1, -0.05) is 13.8 Å². The number of amides is 1. The first-order chi connectivity index (χ1) is 6.18. The molecule has 0 fully saturated rings. The number of aliphatic hydroxyl groups is 1. The molecule has 0 aromatic rings.